The van der Waals surface area contributed by atoms with Crippen molar-refractivity contribution in [2.45, 2.75) is 19.5 Å². The summed E-state index contributed by atoms with van der Waals surface area (Å²) in [5.74, 6) is 0.256. The molecule has 10 nitrogen and oxygen atoms in total. The first-order valence-corrected chi connectivity index (χ1v) is 14.8. The van der Waals surface area contributed by atoms with E-state index in [0.717, 1.165) is 83.2 Å². The minimum atomic E-state index is -0.823. The average Bonchev–Trinajstić information content (AvgIpc) is 3.65. The zero-order valence-corrected chi connectivity index (χ0v) is 23.5. The normalized spacial score (nSPS) is 19.2. The Morgan fingerprint density at radius 2 is 1.88 bits per heavy atom. The SMILES string of the molecule is Nc1nc2c(-c3ncc4c(N5CCNCC5)nc(OCC5(CN6CCOCC6)CC5)nc4c3CF)ccc(F)c2s1. The number of nitrogen functional groups attached to an aromatic ring is 1. The molecule has 7 rings (SSSR count). The van der Waals surface area contributed by atoms with Crippen LogP contribution in [0.4, 0.5) is 19.7 Å². The first kappa shape index (κ1) is 26.6. The van der Waals surface area contributed by atoms with Crippen LogP contribution in [0, 0.1) is 11.2 Å². The van der Waals surface area contributed by atoms with Crippen LogP contribution in [-0.2, 0) is 11.4 Å². The van der Waals surface area contributed by atoms with Gasteiger partial charge in [0.15, 0.2) is 5.13 Å². The number of piperazine rings is 1. The number of nitrogens with zero attached hydrogens (tertiary/aromatic N) is 6. The summed E-state index contributed by atoms with van der Waals surface area (Å²) in [6.07, 6.45) is 3.85. The lowest BCUT2D eigenvalue weighted by molar-refractivity contribution is 0.0231. The molecule has 41 heavy (non-hydrogen) atoms. The van der Waals surface area contributed by atoms with Crippen LogP contribution >= 0.6 is 11.3 Å². The van der Waals surface area contributed by atoms with E-state index in [-0.39, 0.29) is 16.6 Å². The number of nitrogens with one attached hydrogen (secondary N) is 1. The molecule has 1 aromatic carbocycles. The lowest BCUT2D eigenvalue weighted by atomic mass is 10.0. The van der Waals surface area contributed by atoms with Crippen molar-refractivity contribution in [2.24, 2.45) is 5.41 Å². The van der Waals surface area contributed by atoms with E-state index in [0.29, 0.717) is 50.4 Å². The number of morpholine rings is 1. The maximum atomic E-state index is 14.9. The number of ether oxygens (including phenoxy) is 2. The summed E-state index contributed by atoms with van der Waals surface area (Å²) < 4.78 is 41.6. The number of pyridine rings is 1. The number of benzene rings is 1. The molecule has 3 aromatic heterocycles. The molecular formula is C28H32F2N8O2S. The maximum absolute atomic E-state index is 14.9. The van der Waals surface area contributed by atoms with Crippen LogP contribution in [-0.4, -0.2) is 90.5 Å². The second-order valence-corrected chi connectivity index (χ2v) is 12.1. The van der Waals surface area contributed by atoms with E-state index < -0.39 is 12.5 Å². The van der Waals surface area contributed by atoms with Crippen molar-refractivity contribution in [2.75, 3.05) is 76.3 Å². The van der Waals surface area contributed by atoms with Gasteiger partial charge in [0.05, 0.1) is 46.6 Å². The molecule has 0 amide bonds. The highest BCUT2D eigenvalue weighted by atomic mass is 32.1. The van der Waals surface area contributed by atoms with E-state index in [2.05, 4.69) is 25.1 Å². The summed E-state index contributed by atoms with van der Waals surface area (Å²) in [4.78, 5) is 23.2. The number of alkyl halides is 1. The fraction of sp³-hybridized carbons (Fsp3) is 0.500. The molecular weight excluding hydrogens is 550 g/mol. The smallest absolute Gasteiger partial charge is 0.318 e. The van der Waals surface area contributed by atoms with Gasteiger partial charge >= 0.3 is 6.01 Å². The number of hydrogen-bond acceptors (Lipinski definition) is 11. The molecule has 4 aromatic rings. The largest absolute Gasteiger partial charge is 0.463 e. The Labute approximate surface area is 239 Å². The molecule has 216 valence electrons. The summed E-state index contributed by atoms with van der Waals surface area (Å²) in [6.45, 7) is 7.12. The highest BCUT2D eigenvalue weighted by Gasteiger charge is 2.45. The van der Waals surface area contributed by atoms with Crippen molar-refractivity contribution in [3.63, 3.8) is 0 Å². The van der Waals surface area contributed by atoms with Gasteiger partial charge in [0.25, 0.3) is 0 Å². The zero-order chi connectivity index (χ0) is 28.0. The van der Waals surface area contributed by atoms with E-state index in [1.807, 2.05) is 0 Å². The molecule has 3 fully saturated rings. The van der Waals surface area contributed by atoms with Crippen molar-refractivity contribution >= 4 is 43.4 Å². The van der Waals surface area contributed by atoms with Crippen LogP contribution in [0.3, 0.4) is 0 Å². The number of rotatable bonds is 8. The number of hydrogen-bond donors (Lipinski definition) is 2. The molecule has 13 heteroatoms. The predicted molar refractivity (Wildman–Crippen MR) is 155 cm³/mol. The number of anilines is 2. The number of nitrogens with two attached hydrogens (primary N) is 1. The number of halogens is 2. The van der Waals surface area contributed by atoms with Crippen molar-refractivity contribution in [1.29, 1.82) is 0 Å². The van der Waals surface area contributed by atoms with Gasteiger partial charge in [0.2, 0.25) is 0 Å². The monoisotopic (exact) mass is 582 g/mol. The minimum absolute atomic E-state index is 0.0709. The minimum Gasteiger partial charge on any atom is -0.463 e. The highest BCUT2D eigenvalue weighted by molar-refractivity contribution is 7.22. The molecule has 1 saturated carbocycles. The summed E-state index contributed by atoms with van der Waals surface area (Å²) in [5, 5.41) is 4.25. The van der Waals surface area contributed by atoms with Crippen LogP contribution in [0.25, 0.3) is 32.4 Å². The van der Waals surface area contributed by atoms with Crippen molar-refractivity contribution in [3.05, 3.63) is 29.7 Å². The van der Waals surface area contributed by atoms with Crippen LogP contribution in [0.1, 0.15) is 18.4 Å². The topological polar surface area (TPSA) is 115 Å². The fourth-order valence-corrected chi connectivity index (χ4v) is 6.57. The first-order chi connectivity index (χ1) is 20.0. The fourth-order valence-electron chi connectivity index (χ4n) is 5.81. The van der Waals surface area contributed by atoms with Crippen LogP contribution in [0.15, 0.2) is 18.3 Å². The third-order valence-corrected chi connectivity index (χ3v) is 9.14. The zero-order valence-electron chi connectivity index (χ0n) is 22.7. The lowest BCUT2D eigenvalue weighted by Crippen LogP contribution is -2.44. The van der Waals surface area contributed by atoms with E-state index >= 15 is 0 Å². The molecule has 0 unspecified atom stereocenters. The third kappa shape index (κ3) is 5.16. The number of thiazole rings is 1. The Morgan fingerprint density at radius 3 is 2.63 bits per heavy atom. The maximum Gasteiger partial charge on any atom is 0.318 e. The van der Waals surface area contributed by atoms with Gasteiger partial charge in [-0.25, -0.2) is 13.8 Å². The standard InChI is InChI=1S/C28H32F2N8O2S/c29-13-18-21(17-1-2-20(30)24-23(17)34-26(31)41-24)33-14-19-22(18)35-27(36-25(19)38-7-5-32-6-8-38)40-16-28(3-4-28)15-37-9-11-39-12-10-37/h1-2,14,32H,3-13,15-16H2,(H2,31,34). The molecule has 3 aliphatic rings. The van der Waals surface area contributed by atoms with E-state index in [1.54, 1.807) is 12.3 Å². The highest BCUT2D eigenvalue weighted by Crippen LogP contribution is 2.47. The average molecular weight is 583 g/mol. The molecule has 5 heterocycles. The van der Waals surface area contributed by atoms with Gasteiger partial charge in [-0.2, -0.15) is 9.97 Å². The van der Waals surface area contributed by atoms with E-state index in [1.165, 1.54) is 6.07 Å². The molecule has 0 bridgehead atoms. The summed E-state index contributed by atoms with van der Waals surface area (Å²) in [6, 6.07) is 3.14. The van der Waals surface area contributed by atoms with Crippen LogP contribution < -0.4 is 20.7 Å². The Balaban J connectivity index is 1.29. The summed E-state index contributed by atoms with van der Waals surface area (Å²) >= 11 is 1.06. The molecule has 0 atom stereocenters. The Kier molecular flexibility index (Phi) is 7.05. The Hall–Kier alpha value is -3.26. The van der Waals surface area contributed by atoms with E-state index in [9.17, 15) is 8.78 Å². The van der Waals surface area contributed by atoms with Crippen LogP contribution in [0.5, 0.6) is 6.01 Å². The van der Waals surface area contributed by atoms with E-state index in [4.69, 9.17) is 25.2 Å². The van der Waals surface area contributed by atoms with Crippen molar-refractivity contribution in [3.8, 4) is 17.3 Å². The molecule has 2 saturated heterocycles. The molecule has 3 N–H and O–H groups in total. The second kappa shape index (κ2) is 10.9. The van der Waals surface area contributed by atoms with Gasteiger partial charge in [-0.1, -0.05) is 11.3 Å². The van der Waals surface area contributed by atoms with Crippen molar-refractivity contribution < 1.29 is 18.3 Å². The number of aromatic nitrogens is 4. The number of fused-ring (bicyclic) bond motifs is 2. The van der Waals surface area contributed by atoms with Crippen LogP contribution in [0.2, 0.25) is 0 Å². The summed E-state index contributed by atoms with van der Waals surface area (Å²) in [7, 11) is 0. The lowest BCUT2D eigenvalue weighted by Gasteiger charge is -2.31. The van der Waals surface area contributed by atoms with Gasteiger partial charge in [0.1, 0.15) is 18.3 Å². The second-order valence-electron chi connectivity index (χ2n) is 11.1. The van der Waals surface area contributed by atoms with Gasteiger partial charge in [-0.05, 0) is 25.0 Å². The van der Waals surface area contributed by atoms with Crippen molar-refractivity contribution in [1.82, 2.24) is 30.2 Å². The molecule has 0 radical (unpaired) electrons. The van der Waals surface area contributed by atoms with Gasteiger partial charge in [0, 0.05) is 68.6 Å². The summed E-state index contributed by atoms with van der Waals surface area (Å²) in [5.41, 5.74) is 7.94. The van der Waals surface area contributed by atoms with Gasteiger partial charge in [-0.15, -0.1) is 0 Å². The van der Waals surface area contributed by atoms with Gasteiger partial charge < -0.3 is 25.4 Å². The first-order valence-electron chi connectivity index (χ1n) is 14.0. The van der Waals surface area contributed by atoms with Gasteiger partial charge in [-0.3, -0.25) is 9.88 Å². The molecule has 0 spiro atoms. The predicted octanol–water partition coefficient (Wildman–Crippen LogP) is 3.39. The molecule has 2 aliphatic heterocycles. The third-order valence-electron chi connectivity index (χ3n) is 8.24. The molecule has 1 aliphatic carbocycles. The quantitative estimate of drug-likeness (QED) is 0.320. The Morgan fingerprint density at radius 1 is 1.07 bits per heavy atom. The Bertz CT molecular complexity index is 1580.